The molecule has 24 heavy (non-hydrogen) atoms. The van der Waals surface area contributed by atoms with Gasteiger partial charge in [0, 0.05) is 11.6 Å². The molecule has 7 heteroatoms. The highest BCUT2D eigenvalue weighted by molar-refractivity contribution is 6.30. The third-order valence-electron chi connectivity index (χ3n) is 4.19. The molecule has 2 aromatic rings. The fourth-order valence-electron chi connectivity index (χ4n) is 2.81. The summed E-state index contributed by atoms with van der Waals surface area (Å²) in [7, 11) is 0. The van der Waals surface area contributed by atoms with Crippen LogP contribution >= 0.6 is 11.6 Å². The van der Waals surface area contributed by atoms with Crippen molar-refractivity contribution in [2.45, 2.75) is 31.8 Å². The molecule has 0 spiro atoms. The Morgan fingerprint density at radius 1 is 1.21 bits per heavy atom. The van der Waals surface area contributed by atoms with E-state index in [0.717, 1.165) is 32.2 Å². The number of ether oxygens (including phenoxy) is 1. The van der Waals surface area contributed by atoms with E-state index in [1.54, 1.807) is 30.5 Å². The number of nitrogens with one attached hydrogen (secondary N) is 1. The Morgan fingerprint density at radius 2 is 1.92 bits per heavy atom. The second kappa shape index (κ2) is 7.68. The number of nitrogen functional groups attached to an aromatic ring is 1. The van der Waals surface area contributed by atoms with E-state index in [9.17, 15) is 5.11 Å². The molecule has 1 fully saturated rings. The van der Waals surface area contributed by atoms with Crippen molar-refractivity contribution >= 4 is 23.4 Å². The molecule has 1 aromatic heterocycles. The first kappa shape index (κ1) is 16.8. The predicted molar refractivity (Wildman–Crippen MR) is 94.4 cm³/mol. The molecule has 0 unspecified atom stereocenters. The molecular weight excluding hydrogens is 328 g/mol. The molecule has 1 saturated carbocycles. The van der Waals surface area contributed by atoms with Gasteiger partial charge in [0.05, 0.1) is 12.3 Å². The number of anilines is 2. The Bertz CT molecular complexity index is 673. The summed E-state index contributed by atoms with van der Waals surface area (Å²) in [6, 6.07) is 7.08. The van der Waals surface area contributed by atoms with Gasteiger partial charge in [-0.1, -0.05) is 11.6 Å². The first-order valence-corrected chi connectivity index (χ1v) is 8.46. The molecule has 1 aliphatic rings. The molecule has 1 aromatic carbocycles. The summed E-state index contributed by atoms with van der Waals surface area (Å²) in [4.78, 5) is 8.24. The van der Waals surface area contributed by atoms with Crippen LogP contribution < -0.4 is 15.8 Å². The predicted octanol–water partition coefficient (Wildman–Crippen LogP) is 3.47. The van der Waals surface area contributed by atoms with E-state index in [1.807, 2.05) is 0 Å². The van der Waals surface area contributed by atoms with Crippen LogP contribution in [0.1, 0.15) is 25.7 Å². The van der Waals surface area contributed by atoms with Gasteiger partial charge in [-0.25, -0.2) is 4.98 Å². The molecule has 0 atom stereocenters. The van der Waals surface area contributed by atoms with Crippen molar-refractivity contribution in [3.63, 3.8) is 0 Å². The average molecular weight is 349 g/mol. The van der Waals surface area contributed by atoms with Crippen LogP contribution in [-0.4, -0.2) is 27.7 Å². The number of aliphatic hydroxyl groups excluding tert-OH is 1. The minimum Gasteiger partial charge on any atom is -0.452 e. The summed E-state index contributed by atoms with van der Waals surface area (Å²) >= 11 is 5.89. The largest absolute Gasteiger partial charge is 0.452 e. The Balaban J connectivity index is 1.67. The lowest BCUT2D eigenvalue weighted by Crippen LogP contribution is -2.24. The summed E-state index contributed by atoms with van der Waals surface area (Å²) in [5, 5.41) is 13.5. The molecule has 1 heterocycles. The van der Waals surface area contributed by atoms with Gasteiger partial charge in [0.25, 0.3) is 0 Å². The second-order valence-electron chi connectivity index (χ2n) is 6.05. The maximum Gasteiger partial charge on any atom is 0.222 e. The van der Waals surface area contributed by atoms with E-state index in [1.165, 1.54) is 0 Å². The van der Waals surface area contributed by atoms with E-state index in [2.05, 4.69) is 15.3 Å². The van der Waals surface area contributed by atoms with Crippen molar-refractivity contribution in [2.24, 2.45) is 5.92 Å². The number of aliphatic hydroxyl groups is 1. The molecule has 4 N–H and O–H groups in total. The van der Waals surface area contributed by atoms with E-state index < -0.39 is 0 Å². The van der Waals surface area contributed by atoms with Crippen molar-refractivity contribution in [1.82, 2.24) is 9.97 Å². The average Bonchev–Trinajstić information content (AvgIpc) is 2.58. The molecule has 0 saturated heterocycles. The maximum absolute atomic E-state index is 9.59. The summed E-state index contributed by atoms with van der Waals surface area (Å²) < 4.78 is 5.83. The maximum atomic E-state index is 9.59. The van der Waals surface area contributed by atoms with Gasteiger partial charge >= 0.3 is 0 Å². The highest BCUT2D eigenvalue weighted by atomic mass is 35.5. The monoisotopic (exact) mass is 348 g/mol. The highest BCUT2D eigenvalue weighted by Crippen LogP contribution is 2.30. The van der Waals surface area contributed by atoms with Crippen LogP contribution in [-0.2, 0) is 0 Å². The van der Waals surface area contributed by atoms with Crippen LogP contribution in [0, 0.1) is 5.92 Å². The van der Waals surface area contributed by atoms with Crippen molar-refractivity contribution < 1.29 is 9.84 Å². The number of nitrogens with zero attached hydrogens (tertiary/aromatic N) is 2. The Kier molecular flexibility index (Phi) is 5.37. The SMILES string of the molecule is Nc1ncc(Oc2ccc(Cl)cc2)c(NC[C@H]2CC[C@H](O)CC2)n1. The Morgan fingerprint density at radius 3 is 2.62 bits per heavy atom. The smallest absolute Gasteiger partial charge is 0.222 e. The van der Waals surface area contributed by atoms with Gasteiger partial charge in [-0.15, -0.1) is 0 Å². The summed E-state index contributed by atoms with van der Waals surface area (Å²) in [6.07, 6.45) is 5.12. The first-order valence-electron chi connectivity index (χ1n) is 8.08. The van der Waals surface area contributed by atoms with Crippen LogP contribution in [0.5, 0.6) is 11.5 Å². The molecule has 3 rings (SSSR count). The highest BCUT2D eigenvalue weighted by Gasteiger charge is 2.20. The molecule has 128 valence electrons. The third-order valence-corrected chi connectivity index (χ3v) is 4.44. The number of aromatic nitrogens is 2. The molecule has 0 aliphatic heterocycles. The van der Waals surface area contributed by atoms with Crippen molar-refractivity contribution in [3.8, 4) is 11.5 Å². The number of nitrogens with two attached hydrogens (primary N) is 1. The third kappa shape index (κ3) is 4.49. The summed E-state index contributed by atoms with van der Waals surface area (Å²) in [6.45, 7) is 0.764. The Hall–Kier alpha value is -2.05. The zero-order chi connectivity index (χ0) is 16.9. The molecule has 0 bridgehead atoms. The van der Waals surface area contributed by atoms with Gasteiger partial charge in [-0.3, -0.25) is 0 Å². The van der Waals surface area contributed by atoms with Crippen LogP contribution in [0.25, 0.3) is 0 Å². The Labute approximate surface area is 146 Å². The number of benzene rings is 1. The molecular formula is C17H21ClN4O2. The first-order chi connectivity index (χ1) is 11.6. The number of hydrogen-bond acceptors (Lipinski definition) is 6. The van der Waals surface area contributed by atoms with Crippen molar-refractivity contribution in [1.29, 1.82) is 0 Å². The quantitative estimate of drug-likeness (QED) is 0.766. The molecule has 0 amide bonds. The van der Waals surface area contributed by atoms with E-state index in [-0.39, 0.29) is 12.1 Å². The normalized spacial score (nSPS) is 20.6. The zero-order valence-electron chi connectivity index (χ0n) is 13.3. The van der Waals surface area contributed by atoms with E-state index >= 15 is 0 Å². The topological polar surface area (TPSA) is 93.3 Å². The van der Waals surface area contributed by atoms with Gasteiger partial charge in [0.2, 0.25) is 5.95 Å². The van der Waals surface area contributed by atoms with Gasteiger partial charge in [-0.2, -0.15) is 4.98 Å². The number of hydrogen-bond donors (Lipinski definition) is 3. The van der Waals surface area contributed by atoms with Crippen LogP contribution in [0.4, 0.5) is 11.8 Å². The summed E-state index contributed by atoms with van der Waals surface area (Å²) in [5.74, 6) is 2.44. The van der Waals surface area contributed by atoms with E-state index in [0.29, 0.717) is 28.3 Å². The van der Waals surface area contributed by atoms with Gasteiger partial charge < -0.3 is 20.9 Å². The van der Waals surface area contributed by atoms with Gasteiger partial charge in [-0.05, 0) is 55.9 Å². The lowest BCUT2D eigenvalue weighted by atomic mass is 9.87. The molecule has 1 aliphatic carbocycles. The zero-order valence-corrected chi connectivity index (χ0v) is 14.0. The van der Waals surface area contributed by atoms with Crippen LogP contribution in [0.15, 0.2) is 30.5 Å². The lowest BCUT2D eigenvalue weighted by molar-refractivity contribution is 0.111. The summed E-state index contributed by atoms with van der Waals surface area (Å²) in [5.41, 5.74) is 5.70. The lowest BCUT2D eigenvalue weighted by Gasteiger charge is -2.25. The van der Waals surface area contributed by atoms with Gasteiger partial charge in [0.15, 0.2) is 11.6 Å². The number of halogens is 1. The second-order valence-corrected chi connectivity index (χ2v) is 6.49. The van der Waals surface area contributed by atoms with E-state index in [4.69, 9.17) is 22.1 Å². The minimum atomic E-state index is -0.153. The standard InChI is InChI=1S/C17H21ClN4O2/c18-12-3-7-14(8-4-12)24-15-10-21-17(19)22-16(15)20-9-11-1-5-13(23)6-2-11/h3-4,7-8,10-11,13,23H,1-2,5-6,9H2,(H3,19,20,21,22)/t11-,13-. The molecule has 0 radical (unpaired) electrons. The van der Waals surface area contributed by atoms with Gasteiger partial charge in [0.1, 0.15) is 5.75 Å². The number of rotatable bonds is 5. The molecule has 6 nitrogen and oxygen atoms in total. The van der Waals surface area contributed by atoms with Crippen molar-refractivity contribution in [2.75, 3.05) is 17.6 Å². The van der Waals surface area contributed by atoms with Crippen molar-refractivity contribution in [3.05, 3.63) is 35.5 Å². The fourth-order valence-corrected chi connectivity index (χ4v) is 2.93. The van der Waals surface area contributed by atoms with Crippen LogP contribution in [0.3, 0.4) is 0 Å². The van der Waals surface area contributed by atoms with Crippen LogP contribution in [0.2, 0.25) is 5.02 Å². The fraction of sp³-hybridized carbons (Fsp3) is 0.412. The minimum absolute atomic E-state index is 0.153.